The second-order valence-corrected chi connectivity index (χ2v) is 11.8. The highest BCUT2D eigenvalue weighted by Crippen LogP contribution is 2.37. The molecule has 1 aliphatic heterocycles. The molecule has 38 heavy (non-hydrogen) atoms. The van der Waals surface area contributed by atoms with Crippen molar-refractivity contribution in [3.05, 3.63) is 86.3 Å². The van der Waals surface area contributed by atoms with Crippen LogP contribution in [0.1, 0.15) is 40.2 Å². The molecule has 0 radical (unpaired) electrons. The SMILES string of the molecule is Cc1cccc(-n2c(=O)c3c4c(sc3n3c(SCC(=O)c5ccc(F)cc5)nnc23)COC(C(C)C)C4)c1. The molecular formula is C28H25FN4O3S2. The van der Waals surface area contributed by atoms with Gasteiger partial charge in [0.15, 0.2) is 10.9 Å². The zero-order chi connectivity index (χ0) is 26.6. The highest BCUT2D eigenvalue weighted by molar-refractivity contribution is 7.99. The van der Waals surface area contributed by atoms with E-state index in [2.05, 4.69) is 24.0 Å². The Bertz CT molecular complexity index is 1750. The van der Waals surface area contributed by atoms with E-state index in [0.717, 1.165) is 20.8 Å². The summed E-state index contributed by atoms with van der Waals surface area (Å²) in [5.74, 6) is 0.276. The van der Waals surface area contributed by atoms with Crippen molar-refractivity contribution in [1.29, 1.82) is 0 Å². The first kappa shape index (κ1) is 25.0. The molecule has 5 aromatic rings. The van der Waals surface area contributed by atoms with Crippen LogP contribution >= 0.6 is 23.1 Å². The van der Waals surface area contributed by atoms with Crippen molar-refractivity contribution < 1.29 is 13.9 Å². The second-order valence-electron chi connectivity index (χ2n) is 9.80. The maximum atomic E-state index is 14.1. The predicted octanol–water partition coefficient (Wildman–Crippen LogP) is 5.61. The fourth-order valence-electron chi connectivity index (χ4n) is 4.81. The molecule has 4 heterocycles. The number of hydrogen-bond donors (Lipinski definition) is 0. The van der Waals surface area contributed by atoms with Crippen LogP contribution in [0.25, 0.3) is 21.7 Å². The normalized spacial score (nSPS) is 15.4. The van der Waals surface area contributed by atoms with Gasteiger partial charge >= 0.3 is 0 Å². The molecule has 10 heteroatoms. The molecule has 0 saturated carbocycles. The van der Waals surface area contributed by atoms with Gasteiger partial charge in [-0.25, -0.2) is 13.4 Å². The van der Waals surface area contributed by atoms with E-state index < -0.39 is 0 Å². The first-order valence-corrected chi connectivity index (χ1v) is 14.2. The number of aromatic nitrogens is 4. The third kappa shape index (κ3) is 4.26. The van der Waals surface area contributed by atoms with Gasteiger partial charge in [-0.15, -0.1) is 21.5 Å². The Kier molecular flexibility index (Phi) is 6.41. The van der Waals surface area contributed by atoms with Crippen LogP contribution in [-0.4, -0.2) is 36.8 Å². The van der Waals surface area contributed by atoms with E-state index in [1.165, 1.54) is 47.4 Å². The first-order chi connectivity index (χ1) is 18.3. The molecule has 0 bridgehead atoms. The summed E-state index contributed by atoms with van der Waals surface area (Å²) in [5, 5.41) is 9.99. The lowest BCUT2D eigenvalue weighted by Crippen LogP contribution is -2.28. The molecule has 194 valence electrons. The highest BCUT2D eigenvalue weighted by Gasteiger charge is 2.30. The Labute approximate surface area is 226 Å². The highest BCUT2D eigenvalue weighted by atomic mass is 32.2. The fourth-order valence-corrected chi connectivity index (χ4v) is 6.94. The summed E-state index contributed by atoms with van der Waals surface area (Å²) in [6.07, 6.45) is 0.695. The van der Waals surface area contributed by atoms with Gasteiger partial charge in [-0.1, -0.05) is 37.7 Å². The number of hydrogen-bond acceptors (Lipinski definition) is 7. The summed E-state index contributed by atoms with van der Waals surface area (Å²) in [6, 6.07) is 13.2. The molecule has 0 saturated heterocycles. The summed E-state index contributed by atoms with van der Waals surface area (Å²) in [7, 11) is 0. The van der Waals surface area contributed by atoms with Crippen LogP contribution in [0, 0.1) is 18.7 Å². The van der Waals surface area contributed by atoms with Gasteiger partial charge in [-0.3, -0.25) is 9.59 Å². The van der Waals surface area contributed by atoms with Crippen molar-refractivity contribution in [1.82, 2.24) is 19.2 Å². The standard InChI is InChI=1S/C28H25FN4O3S2/c1-15(2)22-12-20-23(13-36-22)38-26-24(20)25(35)32(19-6-4-5-16(3)11-19)27-30-31-28(33(26)27)37-14-21(34)17-7-9-18(29)10-8-17/h4-11,15,22H,12-14H2,1-3H3. The fraction of sp³-hybridized carbons (Fsp3) is 0.286. The molecule has 3 aromatic heterocycles. The number of thiophene rings is 1. The number of halogens is 1. The molecule has 2 aromatic carbocycles. The third-order valence-corrected chi connectivity index (χ3v) is 8.96. The number of nitrogens with zero attached hydrogens (tertiary/aromatic N) is 4. The molecule has 0 fully saturated rings. The predicted molar refractivity (Wildman–Crippen MR) is 147 cm³/mol. The number of thioether (sulfide) groups is 1. The lowest BCUT2D eigenvalue weighted by atomic mass is 9.96. The first-order valence-electron chi connectivity index (χ1n) is 12.4. The van der Waals surface area contributed by atoms with Gasteiger partial charge in [0.2, 0.25) is 5.78 Å². The topological polar surface area (TPSA) is 78.5 Å². The van der Waals surface area contributed by atoms with Crippen LogP contribution in [0.2, 0.25) is 0 Å². The summed E-state index contributed by atoms with van der Waals surface area (Å²) in [5.41, 5.74) is 3.05. The number of carbonyl (C=O) groups is 1. The molecule has 6 rings (SSSR count). The summed E-state index contributed by atoms with van der Waals surface area (Å²) < 4.78 is 22.9. The van der Waals surface area contributed by atoms with E-state index in [1.807, 2.05) is 35.6 Å². The zero-order valence-electron chi connectivity index (χ0n) is 21.1. The minimum Gasteiger partial charge on any atom is -0.372 e. The number of Topliss-reactive ketones (excluding diaryl/α,β-unsaturated/α-hetero) is 1. The lowest BCUT2D eigenvalue weighted by Gasteiger charge is -2.26. The number of fused-ring (bicyclic) bond motifs is 5. The monoisotopic (exact) mass is 548 g/mol. The minimum absolute atomic E-state index is 0.0332. The number of ketones is 1. The average molecular weight is 549 g/mol. The van der Waals surface area contributed by atoms with Crippen LogP contribution < -0.4 is 5.56 Å². The van der Waals surface area contributed by atoms with E-state index in [0.29, 0.717) is 46.5 Å². The van der Waals surface area contributed by atoms with Gasteiger partial charge in [0.1, 0.15) is 10.6 Å². The van der Waals surface area contributed by atoms with Gasteiger partial charge in [0, 0.05) is 16.9 Å². The van der Waals surface area contributed by atoms with Gasteiger partial charge in [0.05, 0.1) is 29.5 Å². The van der Waals surface area contributed by atoms with Crippen LogP contribution in [0.4, 0.5) is 4.39 Å². The third-order valence-electron chi connectivity index (χ3n) is 6.84. The Balaban J connectivity index is 1.52. The molecule has 7 nitrogen and oxygen atoms in total. The van der Waals surface area contributed by atoms with E-state index >= 15 is 0 Å². The minimum atomic E-state index is -0.389. The maximum Gasteiger partial charge on any atom is 0.268 e. The molecule has 0 N–H and O–H groups in total. The van der Waals surface area contributed by atoms with Crippen LogP contribution in [0.15, 0.2) is 58.5 Å². The van der Waals surface area contributed by atoms with Crippen molar-refractivity contribution in [2.24, 2.45) is 5.92 Å². The summed E-state index contributed by atoms with van der Waals surface area (Å²) in [4.78, 5) is 28.7. The Hall–Kier alpha value is -3.34. The van der Waals surface area contributed by atoms with Crippen LogP contribution in [0.3, 0.4) is 0 Å². The zero-order valence-corrected chi connectivity index (χ0v) is 22.7. The van der Waals surface area contributed by atoms with Gasteiger partial charge in [0.25, 0.3) is 5.56 Å². The van der Waals surface area contributed by atoms with Crippen molar-refractivity contribution in [2.45, 2.75) is 45.1 Å². The summed E-state index contributed by atoms with van der Waals surface area (Å²) >= 11 is 2.77. The largest absolute Gasteiger partial charge is 0.372 e. The van der Waals surface area contributed by atoms with Gasteiger partial charge < -0.3 is 4.74 Å². The van der Waals surface area contributed by atoms with E-state index in [-0.39, 0.29) is 29.0 Å². The molecular weight excluding hydrogens is 523 g/mol. The summed E-state index contributed by atoms with van der Waals surface area (Å²) in [6.45, 7) is 6.68. The molecule has 1 aliphatic rings. The van der Waals surface area contributed by atoms with Crippen LogP contribution in [0.5, 0.6) is 0 Å². The van der Waals surface area contributed by atoms with Gasteiger partial charge in [-0.05, 0) is 60.4 Å². The second kappa shape index (κ2) is 9.76. The van der Waals surface area contributed by atoms with E-state index in [1.54, 1.807) is 4.57 Å². The Morgan fingerprint density at radius 2 is 2.00 bits per heavy atom. The quantitative estimate of drug-likeness (QED) is 0.203. The van der Waals surface area contributed by atoms with Crippen LogP contribution in [-0.2, 0) is 17.8 Å². The molecule has 0 amide bonds. The van der Waals surface area contributed by atoms with Crippen molar-refractivity contribution in [3.63, 3.8) is 0 Å². The molecule has 1 unspecified atom stereocenters. The average Bonchev–Trinajstić information content (AvgIpc) is 3.49. The molecule has 1 atom stereocenters. The Morgan fingerprint density at radius 3 is 2.74 bits per heavy atom. The van der Waals surface area contributed by atoms with E-state index in [4.69, 9.17) is 4.74 Å². The number of ether oxygens (including phenoxy) is 1. The lowest BCUT2D eigenvalue weighted by molar-refractivity contribution is 0.00200. The molecule has 0 spiro atoms. The number of benzene rings is 2. The number of carbonyl (C=O) groups excluding carboxylic acids is 1. The number of aryl methyl sites for hydroxylation is 1. The molecule has 0 aliphatic carbocycles. The van der Waals surface area contributed by atoms with Gasteiger partial charge in [-0.2, -0.15) is 0 Å². The maximum absolute atomic E-state index is 14.1. The van der Waals surface area contributed by atoms with Crippen molar-refractivity contribution in [3.8, 4) is 5.69 Å². The number of rotatable bonds is 6. The van der Waals surface area contributed by atoms with E-state index in [9.17, 15) is 14.0 Å². The van der Waals surface area contributed by atoms with Crippen molar-refractivity contribution in [2.75, 3.05) is 5.75 Å². The Morgan fingerprint density at radius 1 is 1.21 bits per heavy atom. The smallest absolute Gasteiger partial charge is 0.268 e. The van der Waals surface area contributed by atoms with Crippen molar-refractivity contribution >= 4 is 44.9 Å².